The third-order valence-corrected chi connectivity index (χ3v) is 4.50. The highest BCUT2D eigenvalue weighted by atomic mass is 19.1. The summed E-state index contributed by atoms with van der Waals surface area (Å²) in [6, 6.07) is 13.9. The van der Waals surface area contributed by atoms with Crippen molar-refractivity contribution in [3.63, 3.8) is 0 Å². The van der Waals surface area contributed by atoms with Gasteiger partial charge < -0.3 is 10.5 Å². The van der Waals surface area contributed by atoms with Gasteiger partial charge in [0.1, 0.15) is 17.5 Å². The number of carbonyl (C=O) groups is 2. The number of rotatable bonds is 1. The molecule has 0 spiro atoms. The Morgan fingerprint density at radius 1 is 1.00 bits per heavy atom. The molecule has 4 rings (SSSR count). The molecule has 1 aliphatic heterocycles. The van der Waals surface area contributed by atoms with E-state index >= 15 is 0 Å². The van der Waals surface area contributed by atoms with E-state index in [0.29, 0.717) is 0 Å². The van der Waals surface area contributed by atoms with Gasteiger partial charge in [-0.1, -0.05) is 42.5 Å². The lowest BCUT2D eigenvalue weighted by atomic mass is 9.75. The molecule has 0 bridgehead atoms. The zero-order valence-corrected chi connectivity index (χ0v) is 13.3. The third-order valence-electron chi connectivity index (χ3n) is 4.50. The minimum atomic E-state index is -1.10. The van der Waals surface area contributed by atoms with Gasteiger partial charge in [0.05, 0.1) is 11.5 Å². The lowest BCUT2D eigenvalue weighted by Gasteiger charge is -2.31. The van der Waals surface area contributed by atoms with Crippen molar-refractivity contribution in [3.8, 4) is 6.07 Å². The van der Waals surface area contributed by atoms with Crippen LogP contribution in [-0.2, 0) is 4.74 Å². The van der Waals surface area contributed by atoms with Crippen molar-refractivity contribution >= 4 is 11.6 Å². The molecule has 2 aromatic carbocycles. The van der Waals surface area contributed by atoms with Gasteiger partial charge >= 0.3 is 0 Å². The maximum atomic E-state index is 14.5. The summed E-state index contributed by atoms with van der Waals surface area (Å²) in [5, 5.41) is 9.51. The van der Waals surface area contributed by atoms with Gasteiger partial charge in [-0.2, -0.15) is 5.26 Å². The van der Waals surface area contributed by atoms with Crippen molar-refractivity contribution < 1.29 is 18.7 Å². The Morgan fingerprint density at radius 3 is 2.27 bits per heavy atom. The van der Waals surface area contributed by atoms with Gasteiger partial charge in [-0.15, -0.1) is 0 Å². The Kier molecular flexibility index (Phi) is 3.44. The number of halogens is 1. The van der Waals surface area contributed by atoms with Crippen molar-refractivity contribution in [2.24, 2.45) is 5.73 Å². The molecule has 0 aromatic heterocycles. The second-order valence-electron chi connectivity index (χ2n) is 5.89. The number of nitriles is 1. The highest BCUT2D eigenvalue weighted by molar-refractivity contribution is 6.27. The monoisotopic (exact) mass is 346 g/mol. The van der Waals surface area contributed by atoms with Crippen LogP contribution in [0.3, 0.4) is 0 Å². The predicted octanol–water partition coefficient (Wildman–Crippen LogP) is 2.97. The summed E-state index contributed by atoms with van der Waals surface area (Å²) in [5.74, 6) is -3.26. The van der Waals surface area contributed by atoms with Crippen molar-refractivity contribution in [3.05, 3.63) is 93.8 Å². The summed E-state index contributed by atoms with van der Waals surface area (Å²) in [6.07, 6.45) is 0. The molecule has 0 unspecified atom stereocenters. The Hall–Kier alpha value is -3.72. The van der Waals surface area contributed by atoms with Crippen molar-refractivity contribution in [1.82, 2.24) is 0 Å². The van der Waals surface area contributed by atoms with Crippen LogP contribution in [0.25, 0.3) is 0 Å². The van der Waals surface area contributed by atoms with Gasteiger partial charge in [0.2, 0.25) is 11.7 Å². The van der Waals surface area contributed by atoms with Crippen LogP contribution in [0.15, 0.2) is 71.3 Å². The summed E-state index contributed by atoms with van der Waals surface area (Å²) < 4.78 is 19.8. The van der Waals surface area contributed by atoms with E-state index in [2.05, 4.69) is 0 Å². The number of fused-ring (bicyclic) bond motifs is 1. The molecular weight excluding hydrogens is 335 g/mol. The van der Waals surface area contributed by atoms with Crippen molar-refractivity contribution in [2.45, 2.75) is 5.92 Å². The maximum Gasteiger partial charge on any atom is 0.229 e. The highest BCUT2D eigenvalue weighted by Gasteiger charge is 2.44. The standard InChI is InChI=1S/C20H11FN2O3/c21-14-8-4-3-7-12(14)15-13(9-22)20(23)26-19-16(15)17(24)10-5-1-2-6-11(10)18(19)25/h1-8,15H,23H2/t15-/m0/s1. The van der Waals surface area contributed by atoms with E-state index in [4.69, 9.17) is 10.5 Å². The average molecular weight is 346 g/mol. The zero-order chi connectivity index (χ0) is 18.4. The number of hydrogen-bond donors (Lipinski definition) is 1. The Bertz CT molecular complexity index is 1090. The Balaban J connectivity index is 2.01. The van der Waals surface area contributed by atoms with Crippen LogP contribution in [-0.4, -0.2) is 11.6 Å². The second-order valence-corrected chi connectivity index (χ2v) is 5.89. The largest absolute Gasteiger partial charge is 0.436 e. The second kappa shape index (κ2) is 5.67. The fourth-order valence-electron chi connectivity index (χ4n) is 3.33. The third kappa shape index (κ3) is 2.07. The number of carbonyl (C=O) groups excluding carboxylic acids is 2. The molecule has 5 nitrogen and oxygen atoms in total. The molecular formula is C20H11FN2O3. The van der Waals surface area contributed by atoms with Gasteiger partial charge in [0.25, 0.3) is 0 Å². The molecule has 2 aliphatic rings. The van der Waals surface area contributed by atoms with E-state index in [1.54, 1.807) is 18.2 Å². The van der Waals surface area contributed by atoms with Gasteiger partial charge in [-0.05, 0) is 6.07 Å². The fraction of sp³-hybridized carbons (Fsp3) is 0.0500. The molecule has 1 aliphatic carbocycles. The van der Waals surface area contributed by atoms with E-state index in [1.807, 2.05) is 6.07 Å². The topological polar surface area (TPSA) is 93.2 Å². The number of nitrogens with zero attached hydrogens (tertiary/aromatic N) is 1. The number of ether oxygens (including phenoxy) is 1. The van der Waals surface area contributed by atoms with E-state index in [1.165, 1.54) is 30.3 Å². The van der Waals surface area contributed by atoms with Gasteiger partial charge in [0, 0.05) is 16.7 Å². The first-order valence-corrected chi connectivity index (χ1v) is 7.79. The van der Waals surface area contributed by atoms with Crippen LogP contribution >= 0.6 is 0 Å². The van der Waals surface area contributed by atoms with Gasteiger partial charge in [-0.25, -0.2) is 4.39 Å². The van der Waals surface area contributed by atoms with E-state index < -0.39 is 23.3 Å². The van der Waals surface area contributed by atoms with Crippen LogP contribution in [0.1, 0.15) is 32.2 Å². The molecule has 126 valence electrons. The number of hydrogen-bond acceptors (Lipinski definition) is 5. The maximum absolute atomic E-state index is 14.5. The minimum absolute atomic E-state index is 0.0652. The molecule has 0 amide bonds. The molecule has 1 atom stereocenters. The number of allylic oxidation sites excluding steroid dienone is 3. The molecule has 2 N–H and O–H groups in total. The molecule has 2 aromatic rings. The van der Waals surface area contributed by atoms with Gasteiger partial charge in [0.15, 0.2) is 11.5 Å². The first-order valence-electron chi connectivity index (χ1n) is 7.79. The molecule has 0 saturated heterocycles. The lowest BCUT2D eigenvalue weighted by molar-refractivity contribution is 0.0897. The number of Topliss-reactive ketones (excluding diaryl/α,β-unsaturated/α-hetero) is 2. The number of nitrogens with two attached hydrogens (primary N) is 1. The smallest absolute Gasteiger partial charge is 0.229 e. The average Bonchev–Trinajstić information content (AvgIpc) is 2.65. The summed E-state index contributed by atoms with van der Waals surface area (Å²) in [6.45, 7) is 0. The Morgan fingerprint density at radius 2 is 1.62 bits per heavy atom. The Labute approximate surface area is 147 Å². The van der Waals surface area contributed by atoms with E-state index in [-0.39, 0.29) is 39.5 Å². The van der Waals surface area contributed by atoms with Crippen LogP contribution in [0, 0.1) is 17.1 Å². The predicted molar refractivity (Wildman–Crippen MR) is 89.2 cm³/mol. The normalized spacial score (nSPS) is 18.8. The van der Waals surface area contributed by atoms with E-state index in [0.717, 1.165) is 0 Å². The van der Waals surface area contributed by atoms with Crippen LogP contribution < -0.4 is 5.73 Å². The summed E-state index contributed by atoms with van der Waals surface area (Å²) in [4.78, 5) is 25.9. The van der Waals surface area contributed by atoms with Crippen molar-refractivity contribution in [1.29, 1.82) is 5.26 Å². The van der Waals surface area contributed by atoms with Crippen LogP contribution in [0.5, 0.6) is 0 Å². The molecule has 0 saturated carbocycles. The SMILES string of the molecule is N#CC1=C(N)OC2=C(C(=O)c3ccccc3C2=O)[C@H]1c1ccccc1F. The molecule has 26 heavy (non-hydrogen) atoms. The lowest BCUT2D eigenvalue weighted by Crippen LogP contribution is -2.32. The van der Waals surface area contributed by atoms with Gasteiger partial charge in [-0.3, -0.25) is 9.59 Å². The fourth-order valence-corrected chi connectivity index (χ4v) is 3.33. The molecule has 6 heteroatoms. The summed E-state index contributed by atoms with van der Waals surface area (Å²) >= 11 is 0. The molecule has 0 fully saturated rings. The number of benzene rings is 2. The van der Waals surface area contributed by atoms with Crippen LogP contribution in [0.2, 0.25) is 0 Å². The minimum Gasteiger partial charge on any atom is -0.436 e. The van der Waals surface area contributed by atoms with Crippen molar-refractivity contribution in [2.75, 3.05) is 0 Å². The summed E-state index contributed by atoms with van der Waals surface area (Å²) in [5.41, 5.74) is 6.12. The van der Waals surface area contributed by atoms with E-state index in [9.17, 15) is 19.2 Å². The highest BCUT2D eigenvalue weighted by Crippen LogP contribution is 2.44. The zero-order valence-electron chi connectivity index (χ0n) is 13.3. The molecule has 0 radical (unpaired) electrons. The quantitative estimate of drug-likeness (QED) is 0.857. The first kappa shape index (κ1) is 15.8. The summed E-state index contributed by atoms with van der Waals surface area (Å²) in [7, 11) is 0. The molecule has 1 heterocycles. The first-order chi connectivity index (χ1) is 12.5. The number of ketones is 2. The van der Waals surface area contributed by atoms with Crippen LogP contribution in [0.4, 0.5) is 4.39 Å².